The van der Waals surface area contributed by atoms with Crippen LogP contribution >= 0.6 is 43.2 Å². The van der Waals surface area contributed by atoms with Gasteiger partial charge in [0.05, 0.1) is 90.6 Å². The molecule has 10 aliphatic rings. The third-order valence-electron chi connectivity index (χ3n) is 21.9. The van der Waals surface area contributed by atoms with Crippen molar-refractivity contribution < 1.29 is 59.7 Å². The summed E-state index contributed by atoms with van der Waals surface area (Å²) in [4.78, 5) is 60.1. The molecule has 4 amide bonds. The van der Waals surface area contributed by atoms with Crippen molar-refractivity contribution in [1.29, 1.82) is 0 Å². The summed E-state index contributed by atoms with van der Waals surface area (Å²) in [5.74, 6) is 0.226. The van der Waals surface area contributed by atoms with E-state index < -0.39 is 63.2 Å². The molecule has 0 unspecified atom stereocenters. The van der Waals surface area contributed by atoms with E-state index >= 15 is 0 Å². The van der Waals surface area contributed by atoms with Gasteiger partial charge in [-0.05, 0) is 110 Å². The molecule has 2 aromatic heterocycles. The molecule has 31 heteroatoms. The van der Waals surface area contributed by atoms with Crippen LogP contribution in [0.4, 0.5) is 11.4 Å². The van der Waals surface area contributed by atoms with Crippen LogP contribution in [0.5, 0.6) is 11.5 Å². The van der Waals surface area contributed by atoms with E-state index in [1.807, 2.05) is 129 Å². The highest BCUT2D eigenvalue weighted by atomic mass is 33.1. The number of hydrogen-bond acceptors (Lipinski definition) is 21. The molecule has 8 atom stereocenters. The molecular formula is C80H86N12O13S6. The van der Waals surface area contributed by atoms with Crippen molar-refractivity contribution in [3.63, 3.8) is 0 Å². The number of carbonyl (C=O) groups excluding carboxylic acids is 4. The van der Waals surface area contributed by atoms with Crippen LogP contribution in [-0.2, 0) is 84.0 Å². The number of rotatable bonds is 27. The van der Waals surface area contributed by atoms with Crippen molar-refractivity contribution in [3.8, 4) is 22.8 Å². The molecule has 19 rings (SSSR count). The Bertz CT molecular complexity index is 5230. The lowest BCUT2D eigenvalue weighted by Gasteiger charge is -2.58. The molecule has 12 heterocycles. The van der Waals surface area contributed by atoms with Crippen molar-refractivity contribution in [2.75, 3.05) is 69.0 Å². The number of aryl methyl sites for hydroxylation is 4. The van der Waals surface area contributed by atoms with Crippen molar-refractivity contribution in [3.05, 3.63) is 227 Å². The monoisotopic (exact) mass is 1610 g/mol. The minimum Gasteiger partial charge on any atom is -0.494 e. The summed E-state index contributed by atoms with van der Waals surface area (Å²) in [5, 5.41) is 16.2. The Labute approximate surface area is 661 Å². The van der Waals surface area contributed by atoms with Crippen LogP contribution in [0.3, 0.4) is 0 Å². The first-order valence-electron chi connectivity index (χ1n) is 36.5. The van der Waals surface area contributed by atoms with Gasteiger partial charge in [0.15, 0.2) is 20.0 Å². The average molecular weight is 1620 g/mol. The van der Waals surface area contributed by atoms with Crippen LogP contribution in [0, 0.1) is 13.8 Å². The van der Waals surface area contributed by atoms with Crippen LogP contribution in [-0.4, -0.2) is 183 Å². The van der Waals surface area contributed by atoms with Gasteiger partial charge in [-0.1, -0.05) is 194 Å². The van der Waals surface area contributed by atoms with Gasteiger partial charge in [-0.3, -0.25) is 38.3 Å². The SMILES string of the molecule is C.CCCOCCOCCOCc1cn(CCCOc2ccc([C@]34C[C@@]56SS[C@@](C)(C(=O)N5[C@H]3N(S(=O)(=O)c3ccccc3)c3ccccc34)N(C)C6=O)cc2)nn1.Cc1ccc(-c2cn(CCCOc3ccc(S(=O)(=O)N4c5ccccc5[C@@]5(c6ccc(C)cc6)C[C@@]67SS[C@@H](C(=O)N6[C@@H]45)N(C)C7=O)cc3)nn2)cc1. The zero-order valence-corrected chi connectivity index (χ0v) is 66.3. The Morgan fingerprint density at radius 2 is 1.01 bits per heavy atom. The number of sulfonamides is 2. The van der Waals surface area contributed by atoms with Gasteiger partial charge in [0.25, 0.3) is 43.7 Å². The van der Waals surface area contributed by atoms with E-state index in [9.17, 15) is 36.0 Å². The summed E-state index contributed by atoms with van der Waals surface area (Å²) < 4.78 is 94.6. The molecule has 4 bridgehead atoms. The van der Waals surface area contributed by atoms with Crippen LogP contribution in [0.2, 0.25) is 0 Å². The number of amides is 4. The zero-order chi connectivity index (χ0) is 76.5. The number of anilines is 2. The lowest BCUT2D eigenvalue weighted by molar-refractivity contribution is -0.163. The van der Waals surface area contributed by atoms with E-state index in [-0.39, 0.29) is 53.7 Å². The molecule has 2 spiro atoms. The predicted octanol–water partition coefficient (Wildman–Crippen LogP) is 11.6. The average Bonchev–Trinajstić information content (AvgIpc) is 1.49. The van der Waals surface area contributed by atoms with Gasteiger partial charge in [0.1, 0.15) is 35.2 Å². The molecule has 0 N–H and O–H groups in total. The molecule has 7 aromatic carbocycles. The van der Waals surface area contributed by atoms with Crippen LogP contribution < -0.4 is 18.1 Å². The van der Waals surface area contributed by atoms with E-state index in [1.165, 1.54) is 67.1 Å². The van der Waals surface area contributed by atoms with Gasteiger partial charge in [-0.15, -0.1) is 10.2 Å². The number of benzene rings is 7. The maximum absolute atomic E-state index is 15.0. The van der Waals surface area contributed by atoms with Gasteiger partial charge in [-0.25, -0.2) is 25.4 Å². The highest BCUT2D eigenvalue weighted by Crippen LogP contribution is 2.72. The first kappa shape index (κ1) is 77.4. The summed E-state index contributed by atoms with van der Waals surface area (Å²) in [5.41, 5.74) is 6.87. The minimum atomic E-state index is -4.26. The smallest absolute Gasteiger partial charge is 0.266 e. The maximum Gasteiger partial charge on any atom is 0.266 e. The summed E-state index contributed by atoms with van der Waals surface area (Å²) >= 11 is 0. The lowest BCUT2D eigenvalue weighted by atomic mass is 9.72. The number of aromatic nitrogens is 6. The fourth-order valence-corrected chi connectivity index (χ4v) is 26.7. The molecule has 10 aliphatic heterocycles. The molecule has 25 nitrogen and oxygen atoms in total. The fraction of sp³-hybridized carbons (Fsp3) is 0.375. The normalized spacial score (nSPS) is 24.4. The minimum absolute atomic E-state index is 0. The van der Waals surface area contributed by atoms with E-state index in [4.69, 9.17) is 23.7 Å². The van der Waals surface area contributed by atoms with E-state index in [0.29, 0.717) is 95.1 Å². The van der Waals surface area contributed by atoms with Crippen LogP contribution in [0.25, 0.3) is 11.3 Å². The largest absolute Gasteiger partial charge is 0.494 e. The summed E-state index contributed by atoms with van der Waals surface area (Å²) in [7, 11) is 0.319. The molecule has 8 saturated heterocycles. The molecule has 8 fully saturated rings. The number of ether oxygens (including phenoxy) is 5. The first-order chi connectivity index (χ1) is 53.1. The van der Waals surface area contributed by atoms with E-state index in [0.717, 1.165) is 57.8 Å². The Morgan fingerprint density at radius 3 is 1.60 bits per heavy atom. The number of hydrogen-bond donors (Lipinski definition) is 0. The number of likely N-dealkylation sites (N-methyl/N-ethyl adjacent to an activating group) is 2. The third-order valence-corrected chi connectivity index (χ3v) is 32.4. The molecule has 0 saturated carbocycles. The van der Waals surface area contributed by atoms with E-state index in [1.54, 1.807) is 113 Å². The number of fused-ring (bicyclic) bond motifs is 10. The van der Waals surface area contributed by atoms with Crippen LogP contribution in [0.15, 0.2) is 198 Å². The number of para-hydroxylation sites is 2. The lowest BCUT2D eigenvalue weighted by Crippen LogP contribution is -2.76. The second-order valence-corrected chi connectivity index (χ2v) is 37.6. The summed E-state index contributed by atoms with van der Waals surface area (Å²) in [6, 6.07) is 53.3. The molecule has 0 aliphatic carbocycles. The summed E-state index contributed by atoms with van der Waals surface area (Å²) in [6.45, 7) is 13.0. The molecular weight excluding hydrogens is 1530 g/mol. The highest BCUT2D eigenvalue weighted by Gasteiger charge is 2.80. The Kier molecular flexibility index (Phi) is 21.3. The van der Waals surface area contributed by atoms with Crippen molar-refractivity contribution in [2.45, 2.75) is 140 Å². The van der Waals surface area contributed by atoms with Crippen molar-refractivity contribution in [1.82, 2.24) is 49.6 Å². The first-order valence-corrected chi connectivity index (χ1v) is 43.8. The Hall–Kier alpha value is -8.92. The molecule has 111 heavy (non-hydrogen) atoms. The number of carbonyl (C=O) groups is 4. The van der Waals surface area contributed by atoms with Gasteiger partial charge >= 0.3 is 0 Å². The fourth-order valence-electron chi connectivity index (χ4n) is 16.4. The molecule has 580 valence electrons. The quantitative estimate of drug-likeness (QED) is 0.0342. The topological polar surface area (TPSA) is 264 Å². The standard InChI is InChI=1S/C40H46N6O8S3.C39H36N6O5S3.CH4/c1-4-20-51-22-23-52-24-25-53-27-30-26-44(42-41-30)19-10-21-54-31-17-15-29(16-18-31)39-28-40-37(48)43(3)38(2,55-56-40)36(47)45(40)35(39)46(34-14-9-8-13-33(34)39)57(49,50)32-11-6-5-7-12-32;1-25-9-13-27(14-10-25)32-23-43(41-40-32)21-6-22-50-29-17-19-30(20-18-29)53(48,49)45-33-8-5-4-7-31(33)38(28-15-11-26(2)12-16-28)24-39-37(47)42(3)35(51-52-39)34(46)44(39)36(38)45;/h5-9,11-18,26,35H,4,10,19-25,27-28H2,1-3H3;4-5,7-20,23,35-36H,6,21-22,24H2,1-3H3;1H4/t35-,38-,39-,40-;35-,36-,38-,39-;/m00./s1. The maximum atomic E-state index is 15.0. The Morgan fingerprint density at radius 1 is 0.514 bits per heavy atom. The van der Waals surface area contributed by atoms with Gasteiger partial charge in [0.2, 0.25) is 0 Å². The third kappa shape index (κ3) is 12.9. The molecule has 0 radical (unpaired) electrons. The van der Waals surface area contributed by atoms with Crippen LogP contribution in [0.1, 0.15) is 92.5 Å². The van der Waals surface area contributed by atoms with E-state index in [2.05, 4.69) is 27.5 Å². The van der Waals surface area contributed by atoms with Crippen molar-refractivity contribution >= 4 is 98.2 Å². The summed E-state index contributed by atoms with van der Waals surface area (Å²) in [6.07, 6.45) is 4.51. The predicted molar refractivity (Wildman–Crippen MR) is 427 cm³/mol. The zero-order valence-electron chi connectivity index (χ0n) is 61.4. The highest BCUT2D eigenvalue weighted by molar-refractivity contribution is 8.78. The van der Waals surface area contributed by atoms with Crippen molar-refractivity contribution in [2.24, 2.45) is 0 Å². The molecule has 9 aromatic rings. The Balaban J connectivity index is 0.000000175. The van der Waals surface area contributed by atoms with Gasteiger partial charge in [0, 0.05) is 65.0 Å². The number of piperazine rings is 2. The van der Waals surface area contributed by atoms with Gasteiger partial charge in [-0.2, -0.15) is 0 Å². The number of nitrogens with zero attached hydrogens (tertiary/aromatic N) is 12. The second kappa shape index (κ2) is 30.5. The van der Waals surface area contributed by atoms with Gasteiger partial charge < -0.3 is 33.5 Å². The second-order valence-electron chi connectivity index (χ2n) is 28.7.